The first-order valence-corrected chi connectivity index (χ1v) is 8.04. The number of rotatable bonds is 5. The molecule has 4 nitrogen and oxygen atoms in total. The van der Waals surface area contributed by atoms with E-state index in [0.29, 0.717) is 21.6 Å². The minimum Gasteiger partial charge on any atom is -0.376 e. The van der Waals surface area contributed by atoms with Crippen LogP contribution in [-0.2, 0) is 6.54 Å². The first kappa shape index (κ1) is 16.1. The van der Waals surface area contributed by atoms with Crippen LogP contribution in [0.15, 0.2) is 55.1 Å². The van der Waals surface area contributed by atoms with Gasteiger partial charge in [-0.2, -0.15) is 5.10 Å². The maximum Gasteiger partial charge on any atom is 0.137 e. The van der Waals surface area contributed by atoms with E-state index in [1.54, 1.807) is 17.1 Å². The van der Waals surface area contributed by atoms with Gasteiger partial charge >= 0.3 is 0 Å². The molecule has 1 unspecified atom stereocenters. The van der Waals surface area contributed by atoms with E-state index in [0.717, 1.165) is 11.3 Å². The number of anilines is 1. The molecule has 0 bridgehead atoms. The fourth-order valence-electron chi connectivity index (χ4n) is 2.27. The van der Waals surface area contributed by atoms with E-state index >= 15 is 0 Å². The Kier molecular flexibility index (Phi) is 5.06. The van der Waals surface area contributed by atoms with Crippen molar-refractivity contribution in [2.45, 2.75) is 12.6 Å². The minimum absolute atomic E-state index is 0.0948. The third-order valence-corrected chi connectivity index (χ3v) is 4.17. The maximum absolute atomic E-state index is 6.37. The lowest BCUT2D eigenvalue weighted by atomic mass is 10.1. The SMILES string of the molecule is Clc1ccc(NC(Cn2cncn2)c2ccc(Cl)cc2Cl)cc1. The molecular weight excluding hydrogens is 355 g/mol. The highest BCUT2D eigenvalue weighted by Gasteiger charge is 2.16. The molecule has 0 saturated heterocycles. The van der Waals surface area contributed by atoms with Gasteiger partial charge in [0, 0.05) is 20.8 Å². The molecule has 0 amide bonds. The molecule has 7 heteroatoms. The van der Waals surface area contributed by atoms with E-state index in [2.05, 4.69) is 15.4 Å². The number of aromatic nitrogens is 3. The van der Waals surface area contributed by atoms with E-state index in [1.165, 1.54) is 6.33 Å². The highest BCUT2D eigenvalue weighted by molar-refractivity contribution is 6.35. The van der Waals surface area contributed by atoms with Crippen LogP contribution < -0.4 is 5.32 Å². The van der Waals surface area contributed by atoms with Crippen LogP contribution in [0.1, 0.15) is 11.6 Å². The van der Waals surface area contributed by atoms with Crippen molar-refractivity contribution in [3.8, 4) is 0 Å². The molecule has 1 aromatic heterocycles. The Morgan fingerprint density at radius 1 is 1.00 bits per heavy atom. The number of nitrogens with zero attached hydrogens (tertiary/aromatic N) is 3. The molecule has 0 aliphatic heterocycles. The lowest BCUT2D eigenvalue weighted by Gasteiger charge is -2.21. The quantitative estimate of drug-likeness (QED) is 0.683. The van der Waals surface area contributed by atoms with Crippen LogP contribution >= 0.6 is 34.8 Å². The number of hydrogen-bond acceptors (Lipinski definition) is 3. The molecule has 0 fully saturated rings. The van der Waals surface area contributed by atoms with Crippen LogP contribution in [-0.4, -0.2) is 14.8 Å². The molecular formula is C16H13Cl3N4. The van der Waals surface area contributed by atoms with E-state index in [9.17, 15) is 0 Å². The van der Waals surface area contributed by atoms with Gasteiger partial charge in [0.2, 0.25) is 0 Å². The van der Waals surface area contributed by atoms with Gasteiger partial charge in [-0.3, -0.25) is 4.68 Å². The summed E-state index contributed by atoms with van der Waals surface area (Å²) < 4.78 is 1.75. The van der Waals surface area contributed by atoms with Crippen molar-refractivity contribution >= 4 is 40.5 Å². The molecule has 3 aromatic rings. The summed E-state index contributed by atoms with van der Waals surface area (Å²) in [6.45, 7) is 0.573. The average molecular weight is 368 g/mol. The molecule has 0 saturated carbocycles. The third-order valence-electron chi connectivity index (χ3n) is 3.36. The Morgan fingerprint density at radius 2 is 1.74 bits per heavy atom. The van der Waals surface area contributed by atoms with Gasteiger partial charge in [0.25, 0.3) is 0 Å². The van der Waals surface area contributed by atoms with Crippen LogP contribution in [0.4, 0.5) is 5.69 Å². The predicted molar refractivity (Wildman–Crippen MR) is 94.3 cm³/mol. The molecule has 0 spiro atoms. The summed E-state index contributed by atoms with van der Waals surface area (Å²) in [6.07, 6.45) is 3.17. The molecule has 23 heavy (non-hydrogen) atoms. The van der Waals surface area contributed by atoms with Gasteiger partial charge < -0.3 is 5.32 Å². The fourth-order valence-corrected chi connectivity index (χ4v) is 2.93. The minimum atomic E-state index is -0.0948. The largest absolute Gasteiger partial charge is 0.376 e. The molecule has 2 aromatic carbocycles. The number of halogens is 3. The maximum atomic E-state index is 6.37. The van der Waals surface area contributed by atoms with E-state index in [-0.39, 0.29) is 6.04 Å². The van der Waals surface area contributed by atoms with Crippen molar-refractivity contribution in [3.63, 3.8) is 0 Å². The normalized spacial score (nSPS) is 12.1. The summed E-state index contributed by atoms with van der Waals surface area (Å²) in [4.78, 5) is 3.98. The Labute approximate surface area is 149 Å². The standard InChI is InChI=1S/C16H13Cl3N4/c17-11-1-4-13(5-2-11)22-16(8-23-10-20-9-21-23)14-6-3-12(18)7-15(14)19/h1-7,9-10,16,22H,8H2. The van der Waals surface area contributed by atoms with Gasteiger partial charge in [-0.15, -0.1) is 0 Å². The smallest absolute Gasteiger partial charge is 0.137 e. The van der Waals surface area contributed by atoms with Crippen molar-refractivity contribution in [3.05, 3.63) is 75.8 Å². The van der Waals surface area contributed by atoms with Crippen molar-refractivity contribution < 1.29 is 0 Å². The predicted octanol–water partition coefficient (Wildman–Crippen LogP) is 5.09. The van der Waals surface area contributed by atoms with Crippen LogP contribution in [0, 0.1) is 0 Å². The molecule has 0 aliphatic rings. The van der Waals surface area contributed by atoms with Crippen LogP contribution in [0.3, 0.4) is 0 Å². The lowest BCUT2D eigenvalue weighted by molar-refractivity contribution is 0.550. The topological polar surface area (TPSA) is 42.7 Å². The number of benzene rings is 2. The first-order chi connectivity index (χ1) is 11.1. The molecule has 118 valence electrons. The second-order valence-electron chi connectivity index (χ2n) is 4.99. The zero-order valence-electron chi connectivity index (χ0n) is 12.0. The van der Waals surface area contributed by atoms with Gasteiger partial charge in [0.1, 0.15) is 12.7 Å². The van der Waals surface area contributed by atoms with Gasteiger partial charge in [-0.25, -0.2) is 4.98 Å². The molecule has 0 aliphatic carbocycles. The summed E-state index contributed by atoms with van der Waals surface area (Å²) in [6, 6.07) is 12.9. The molecule has 1 N–H and O–H groups in total. The molecule has 0 radical (unpaired) electrons. The Balaban J connectivity index is 1.90. The van der Waals surface area contributed by atoms with Gasteiger partial charge in [0.15, 0.2) is 0 Å². The summed E-state index contributed by atoms with van der Waals surface area (Å²) >= 11 is 18.3. The number of hydrogen-bond donors (Lipinski definition) is 1. The van der Waals surface area contributed by atoms with E-state index in [1.807, 2.05) is 36.4 Å². The second kappa shape index (κ2) is 7.21. The zero-order valence-corrected chi connectivity index (χ0v) is 14.2. The second-order valence-corrected chi connectivity index (χ2v) is 6.27. The summed E-state index contributed by atoms with van der Waals surface area (Å²) in [5, 5.41) is 9.50. The Morgan fingerprint density at radius 3 is 2.39 bits per heavy atom. The average Bonchev–Trinajstić information content (AvgIpc) is 3.02. The highest BCUT2D eigenvalue weighted by Crippen LogP contribution is 2.30. The molecule has 1 atom stereocenters. The van der Waals surface area contributed by atoms with Crippen LogP contribution in [0.5, 0.6) is 0 Å². The zero-order chi connectivity index (χ0) is 16.2. The third kappa shape index (κ3) is 4.16. The van der Waals surface area contributed by atoms with Crippen LogP contribution in [0.25, 0.3) is 0 Å². The Hall–Kier alpha value is -1.75. The van der Waals surface area contributed by atoms with Crippen LogP contribution in [0.2, 0.25) is 15.1 Å². The Bertz CT molecular complexity index is 773. The molecule has 3 rings (SSSR count). The highest BCUT2D eigenvalue weighted by atomic mass is 35.5. The van der Waals surface area contributed by atoms with Crippen molar-refractivity contribution in [1.29, 1.82) is 0 Å². The van der Waals surface area contributed by atoms with Gasteiger partial charge in [0.05, 0.1) is 12.6 Å². The number of nitrogens with one attached hydrogen (secondary N) is 1. The summed E-state index contributed by atoms with van der Waals surface area (Å²) in [5.41, 5.74) is 1.87. The lowest BCUT2D eigenvalue weighted by Crippen LogP contribution is -2.18. The van der Waals surface area contributed by atoms with Gasteiger partial charge in [-0.1, -0.05) is 40.9 Å². The van der Waals surface area contributed by atoms with Crippen molar-refractivity contribution in [2.24, 2.45) is 0 Å². The summed E-state index contributed by atoms with van der Waals surface area (Å²) in [5.74, 6) is 0. The van der Waals surface area contributed by atoms with Gasteiger partial charge in [-0.05, 0) is 42.0 Å². The van der Waals surface area contributed by atoms with Crippen molar-refractivity contribution in [1.82, 2.24) is 14.8 Å². The monoisotopic (exact) mass is 366 g/mol. The van der Waals surface area contributed by atoms with Crippen molar-refractivity contribution in [2.75, 3.05) is 5.32 Å². The molecule has 1 heterocycles. The first-order valence-electron chi connectivity index (χ1n) is 6.91. The van der Waals surface area contributed by atoms with E-state index in [4.69, 9.17) is 34.8 Å². The fraction of sp³-hybridized carbons (Fsp3) is 0.125. The summed E-state index contributed by atoms with van der Waals surface area (Å²) in [7, 11) is 0. The van der Waals surface area contributed by atoms with E-state index < -0.39 is 0 Å².